The molecule has 1 N–H and O–H groups in total. The van der Waals surface area contributed by atoms with Crippen molar-refractivity contribution >= 4 is 5.84 Å². The number of nitrogens with one attached hydrogen (secondary N) is 1. The fourth-order valence-electron chi connectivity index (χ4n) is 1.30. The molecule has 1 rings (SSSR count). The standard InChI is InChI=1S/C8H16N2O/c1-2-11-7-6-10-5-3-4-8(10)9/h9H,2-7H2,1H3. The van der Waals surface area contributed by atoms with Gasteiger partial charge in [0, 0.05) is 26.1 Å². The molecule has 1 fully saturated rings. The number of hydrogen-bond donors (Lipinski definition) is 1. The highest BCUT2D eigenvalue weighted by molar-refractivity contribution is 5.80. The lowest BCUT2D eigenvalue weighted by molar-refractivity contribution is 0.134. The van der Waals surface area contributed by atoms with Gasteiger partial charge in [-0.2, -0.15) is 0 Å². The third kappa shape index (κ3) is 2.50. The van der Waals surface area contributed by atoms with Gasteiger partial charge in [-0.1, -0.05) is 0 Å². The van der Waals surface area contributed by atoms with Gasteiger partial charge in [-0.15, -0.1) is 0 Å². The minimum Gasteiger partial charge on any atom is -0.380 e. The molecule has 1 heterocycles. The second-order valence-electron chi connectivity index (χ2n) is 2.73. The van der Waals surface area contributed by atoms with Gasteiger partial charge in [0.1, 0.15) is 0 Å². The van der Waals surface area contributed by atoms with E-state index in [4.69, 9.17) is 10.1 Å². The van der Waals surface area contributed by atoms with Crippen molar-refractivity contribution in [2.75, 3.05) is 26.3 Å². The minimum atomic E-state index is 0.763. The Morgan fingerprint density at radius 2 is 2.45 bits per heavy atom. The summed E-state index contributed by atoms with van der Waals surface area (Å²) in [6.45, 7) is 5.48. The zero-order chi connectivity index (χ0) is 8.10. The monoisotopic (exact) mass is 156 g/mol. The molecular formula is C8H16N2O. The summed E-state index contributed by atoms with van der Waals surface area (Å²) >= 11 is 0. The number of likely N-dealkylation sites (tertiary alicyclic amines) is 1. The van der Waals surface area contributed by atoms with Gasteiger partial charge >= 0.3 is 0 Å². The number of amidine groups is 1. The van der Waals surface area contributed by atoms with Gasteiger partial charge in [0.2, 0.25) is 0 Å². The lowest BCUT2D eigenvalue weighted by atomic mass is 10.4. The lowest BCUT2D eigenvalue weighted by Crippen LogP contribution is -2.28. The van der Waals surface area contributed by atoms with Crippen LogP contribution < -0.4 is 0 Å². The molecule has 0 spiro atoms. The molecule has 64 valence electrons. The average Bonchev–Trinajstić information content (AvgIpc) is 2.37. The fourth-order valence-corrected chi connectivity index (χ4v) is 1.30. The van der Waals surface area contributed by atoms with E-state index in [2.05, 4.69) is 4.90 Å². The van der Waals surface area contributed by atoms with Crippen LogP contribution in [0, 0.1) is 5.41 Å². The van der Waals surface area contributed by atoms with Crippen LogP contribution in [0.3, 0.4) is 0 Å². The predicted octanol–water partition coefficient (Wildman–Crippen LogP) is 1.10. The van der Waals surface area contributed by atoms with E-state index in [1.54, 1.807) is 0 Å². The minimum absolute atomic E-state index is 0.763. The van der Waals surface area contributed by atoms with Crippen LogP contribution in [0.2, 0.25) is 0 Å². The molecule has 0 aromatic heterocycles. The van der Waals surface area contributed by atoms with Crippen molar-refractivity contribution in [3.05, 3.63) is 0 Å². The molecule has 0 aromatic carbocycles. The summed E-state index contributed by atoms with van der Waals surface area (Å²) in [7, 11) is 0. The summed E-state index contributed by atoms with van der Waals surface area (Å²) in [5.74, 6) is 0.782. The van der Waals surface area contributed by atoms with Crippen molar-refractivity contribution in [3.63, 3.8) is 0 Å². The van der Waals surface area contributed by atoms with Gasteiger partial charge in [-0.25, -0.2) is 0 Å². The first-order chi connectivity index (χ1) is 5.34. The Bertz CT molecular complexity index is 136. The van der Waals surface area contributed by atoms with Gasteiger partial charge in [-0.05, 0) is 13.3 Å². The van der Waals surface area contributed by atoms with E-state index in [1.807, 2.05) is 6.92 Å². The molecule has 0 aromatic rings. The van der Waals surface area contributed by atoms with Crippen LogP contribution in [-0.4, -0.2) is 37.0 Å². The maximum atomic E-state index is 7.51. The molecule has 0 saturated carbocycles. The Labute approximate surface area is 67.8 Å². The molecule has 0 atom stereocenters. The van der Waals surface area contributed by atoms with Crippen molar-refractivity contribution in [2.45, 2.75) is 19.8 Å². The number of rotatable bonds is 4. The number of hydrogen-bond acceptors (Lipinski definition) is 2. The summed E-state index contributed by atoms with van der Waals surface area (Å²) in [5.41, 5.74) is 0. The summed E-state index contributed by atoms with van der Waals surface area (Å²) < 4.78 is 5.21. The molecular weight excluding hydrogens is 140 g/mol. The first-order valence-corrected chi connectivity index (χ1v) is 4.24. The average molecular weight is 156 g/mol. The normalized spacial score (nSPS) is 17.9. The first-order valence-electron chi connectivity index (χ1n) is 4.24. The van der Waals surface area contributed by atoms with Crippen LogP contribution in [0.15, 0.2) is 0 Å². The summed E-state index contributed by atoms with van der Waals surface area (Å²) in [6, 6.07) is 0. The Balaban J connectivity index is 2.10. The summed E-state index contributed by atoms with van der Waals surface area (Å²) in [6.07, 6.45) is 2.09. The Kier molecular flexibility index (Phi) is 3.36. The third-order valence-corrected chi connectivity index (χ3v) is 1.93. The Morgan fingerprint density at radius 1 is 1.64 bits per heavy atom. The van der Waals surface area contributed by atoms with Crippen LogP contribution in [0.4, 0.5) is 0 Å². The highest BCUT2D eigenvalue weighted by Crippen LogP contribution is 2.08. The van der Waals surface area contributed by atoms with E-state index >= 15 is 0 Å². The summed E-state index contributed by atoms with van der Waals surface area (Å²) in [4.78, 5) is 2.09. The molecule has 0 amide bonds. The molecule has 3 heteroatoms. The highest BCUT2D eigenvalue weighted by Gasteiger charge is 2.15. The topological polar surface area (TPSA) is 36.3 Å². The van der Waals surface area contributed by atoms with Crippen LogP contribution in [0.1, 0.15) is 19.8 Å². The number of nitrogens with zero attached hydrogens (tertiary/aromatic N) is 1. The predicted molar refractivity (Wildman–Crippen MR) is 45.0 cm³/mol. The zero-order valence-corrected chi connectivity index (χ0v) is 7.10. The van der Waals surface area contributed by atoms with Crippen LogP contribution >= 0.6 is 0 Å². The van der Waals surface area contributed by atoms with Gasteiger partial charge in [0.25, 0.3) is 0 Å². The molecule has 1 aliphatic rings. The van der Waals surface area contributed by atoms with E-state index < -0.39 is 0 Å². The fraction of sp³-hybridized carbons (Fsp3) is 0.875. The summed E-state index contributed by atoms with van der Waals surface area (Å²) in [5, 5.41) is 7.51. The lowest BCUT2D eigenvalue weighted by Gasteiger charge is -2.16. The Hall–Kier alpha value is -0.570. The smallest absolute Gasteiger partial charge is 0.0959 e. The largest absolute Gasteiger partial charge is 0.380 e. The maximum absolute atomic E-state index is 7.51. The van der Waals surface area contributed by atoms with E-state index in [0.717, 1.165) is 45.0 Å². The van der Waals surface area contributed by atoms with E-state index in [-0.39, 0.29) is 0 Å². The van der Waals surface area contributed by atoms with Crippen molar-refractivity contribution < 1.29 is 4.74 Å². The van der Waals surface area contributed by atoms with Crippen molar-refractivity contribution in [1.82, 2.24) is 4.90 Å². The molecule has 0 bridgehead atoms. The van der Waals surface area contributed by atoms with E-state index in [1.165, 1.54) is 0 Å². The zero-order valence-electron chi connectivity index (χ0n) is 7.10. The molecule has 1 aliphatic heterocycles. The molecule has 0 radical (unpaired) electrons. The van der Waals surface area contributed by atoms with Crippen molar-refractivity contribution in [2.24, 2.45) is 0 Å². The van der Waals surface area contributed by atoms with E-state index in [9.17, 15) is 0 Å². The third-order valence-electron chi connectivity index (χ3n) is 1.93. The molecule has 11 heavy (non-hydrogen) atoms. The van der Waals surface area contributed by atoms with E-state index in [0.29, 0.717) is 0 Å². The van der Waals surface area contributed by atoms with Crippen molar-refractivity contribution in [3.8, 4) is 0 Å². The SMILES string of the molecule is CCOCCN1CCCC1=N. The van der Waals surface area contributed by atoms with Gasteiger partial charge in [0.05, 0.1) is 12.4 Å². The van der Waals surface area contributed by atoms with Gasteiger partial charge in [0.15, 0.2) is 0 Å². The maximum Gasteiger partial charge on any atom is 0.0959 e. The van der Waals surface area contributed by atoms with Crippen LogP contribution in [0.25, 0.3) is 0 Å². The highest BCUT2D eigenvalue weighted by atomic mass is 16.5. The van der Waals surface area contributed by atoms with Gasteiger partial charge < -0.3 is 9.64 Å². The second-order valence-corrected chi connectivity index (χ2v) is 2.73. The Morgan fingerprint density at radius 3 is 3.00 bits per heavy atom. The van der Waals surface area contributed by atoms with Gasteiger partial charge in [-0.3, -0.25) is 5.41 Å². The number of ether oxygens (including phenoxy) is 1. The van der Waals surface area contributed by atoms with Crippen molar-refractivity contribution in [1.29, 1.82) is 5.41 Å². The molecule has 3 nitrogen and oxygen atoms in total. The molecule has 1 saturated heterocycles. The van der Waals surface area contributed by atoms with Crippen LogP contribution in [-0.2, 0) is 4.74 Å². The van der Waals surface area contributed by atoms with Crippen LogP contribution in [0.5, 0.6) is 0 Å². The first kappa shape index (κ1) is 8.53. The quantitative estimate of drug-likeness (QED) is 0.619. The molecule has 0 unspecified atom stereocenters. The molecule has 0 aliphatic carbocycles. The second kappa shape index (κ2) is 4.34.